The van der Waals surface area contributed by atoms with Gasteiger partial charge in [-0.05, 0) is 26.8 Å². The summed E-state index contributed by atoms with van der Waals surface area (Å²) in [6.45, 7) is 8.01. The van der Waals surface area contributed by atoms with E-state index in [9.17, 15) is 9.59 Å². The van der Waals surface area contributed by atoms with Gasteiger partial charge in [0, 0.05) is 32.4 Å². The molecule has 1 aliphatic heterocycles. The number of anilines is 1. The monoisotopic (exact) mass is 321 g/mol. The molecule has 1 saturated heterocycles. The molecule has 1 aromatic rings. The zero-order chi connectivity index (χ0) is 17.0. The Morgan fingerprint density at radius 3 is 2.35 bits per heavy atom. The van der Waals surface area contributed by atoms with Crippen molar-refractivity contribution in [1.82, 2.24) is 9.88 Å². The molecule has 0 saturated carbocycles. The number of pyridine rings is 1. The number of methoxy groups -OCH3 is 1. The number of nitrogens with zero attached hydrogens (tertiary/aromatic N) is 3. The number of ether oxygens (including phenoxy) is 2. The zero-order valence-electron chi connectivity index (χ0n) is 14.0. The number of rotatable bonds is 2. The fourth-order valence-corrected chi connectivity index (χ4v) is 2.30. The summed E-state index contributed by atoms with van der Waals surface area (Å²) in [5.41, 5.74) is 0.767. The van der Waals surface area contributed by atoms with Gasteiger partial charge < -0.3 is 19.3 Å². The van der Waals surface area contributed by atoms with Crippen molar-refractivity contribution in [2.75, 3.05) is 38.2 Å². The van der Waals surface area contributed by atoms with E-state index in [1.807, 2.05) is 20.8 Å². The molecule has 7 heteroatoms. The van der Waals surface area contributed by atoms with Crippen LogP contribution in [-0.2, 0) is 9.47 Å². The third kappa shape index (κ3) is 4.58. The van der Waals surface area contributed by atoms with Crippen LogP contribution in [0.4, 0.5) is 10.5 Å². The average Bonchev–Trinajstić information content (AvgIpc) is 2.53. The fourth-order valence-electron chi connectivity index (χ4n) is 2.30. The number of hydrogen-bond donors (Lipinski definition) is 0. The summed E-state index contributed by atoms with van der Waals surface area (Å²) in [7, 11) is 1.34. The molecule has 0 spiro atoms. The van der Waals surface area contributed by atoms with E-state index in [-0.39, 0.29) is 6.09 Å². The fraction of sp³-hybridized carbons (Fsp3) is 0.562. The lowest BCUT2D eigenvalue weighted by molar-refractivity contribution is 0.0240. The van der Waals surface area contributed by atoms with Gasteiger partial charge >= 0.3 is 12.1 Å². The summed E-state index contributed by atoms with van der Waals surface area (Å²) >= 11 is 0. The van der Waals surface area contributed by atoms with Gasteiger partial charge in [-0.3, -0.25) is 4.98 Å². The maximum Gasteiger partial charge on any atom is 0.410 e. The normalized spacial score (nSPS) is 15.3. The molecule has 126 valence electrons. The van der Waals surface area contributed by atoms with Crippen molar-refractivity contribution >= 4 is 17.7 Å². The first-order valence-electron chi connectivity index (χ1n) is 7.56. The zero-order valence-corrected chi connectivity index (χ0v) is 14.0. The van der Waals surface area contributed by atoms with E-state index in [1.54, 1.807) is 17.2 Å². The summed E-state index contributed by atoms with van der Waals surface area (Å²) in [5, 5.41) is 0. The quantitative estimate of drug-likeness (QED) is 0.775. The Bertz CT molecular complexity index is 575. The summed E-state index contributed by atoms with van der Waals surface area (Å²) in [6.07, 6.45) is 2.89. The highest BCUT2D eigenvalue weighted by Crippen LogP contribution is 2.18. The van der Waals surface area contributed by atoms with E-state index in [1.165, 1.54) is 13.3 Å². The molecule has 1 amide bonds. The molecular weight excluding hydrogens is 298 g/mol. The minimum absolute atomic E-state index is 0.293. The van der Waals surface area contributed by atoms with Gasteiger partial charge in [-0.15, -0.1) is 0 Å². The Morgan fingerprint density at radius 1 is 1.13 bits per heavy atom. The molecule has 7 nitrogen and oxygen atoms in total. The highest BCUT2D eigenvalue weighted by atomic mass is 16.6. The van der Waals surface area contributed by atoms with Gasteiger partial charge in [0.05, 0.1) is 24.6 Å². The topological polar surface area (TPSA) is 72.0 Å². The van der Waals surface area contributed by atoms with Crippen LogP contribution in [0.5, 0.6) is 0 Å². The number of carbonyl (C=O) groups is 2. The first kappa shape index (κ1) is 17.1. The second kappa shape index (κ2) is 6.85. The van der Waals surface area contributed by atoms with Crippen molar-refractivity contribution in [3.05, 3.63) is 24.0 Å². The van der Waals surface area contributed by atoms with E-state index >= 15 is 0 Å². The van der Waals surface area contributed by atoms with E-state index in [0.717, 1.165) is 5.69 Å². The Hall–Kier alpha value is -2.31. The van der Waals surface area contributed by atoms with Crippen LogP contribution in [0.1, 0.15) is 31.1 Å². The average molecular weight is 321 g/mol. The third-order valence-electron chi connectivity index (χ3n) is 3.44. The largest absolute Gasteiger partial charge is 0.465 e. The molecule has 0 aliphatic carbocycles. The SMILES string of the molecule is COC(=O)c1cncc(N2CCN(C(=O)OC(C)(C)C)CC2)c1. The maximum absolute atomic E-state index is 12.1. The van der Waals surface area contributed by atoms with Crippen LogP contribution >= 0.6 is 0 Å². The number of hydrogen-bond acceptors (Lipinski definition) is 6. The van der Waals surface area contributed by atoms with Crippen LogP contribution in [-0.4, -0.2) is 60.8 Å². The van der Waals surface area contributed by atoms with Crippen LogP contribution < -0.4 is 4.90 Å². The Labute approximate surface area is 136 Å². The molecule has 0 radical (unpaired) electrons. The maximum atomic E-state index is 12.1. The standard InChI is InChI=1S/C16H23N3O4/c1-16(2,3)23-15(21)19-7-5-18(6-8-19)13-9-12(10-17-11-13)14(20)22-4/h9-11H,5-8H2,1-4H3. The lowest BCUT2D eigenvalue weighted by Gasteiger charge is -2.36. The number of aromatic nitrogens is 1. The Morgan fingerprint density at radius 2 is 1.78 bits per heavy atom. The van der Waals surface area contributed by atoms with Crippen LogP contribution in [0.15, 0.2) is 18.5 Å². The second-order valence-electron chi connectivity index (χ2n) is 6.38. The van der Waals surface area contributed by atoms with Crippen LogP contribution in [0, 0.1) is 0 Å². The molecule has 2 rings (SSSR count). The lowest BCUT2D eigenvalue weighted by atomic mass is 10.2. The Balaban J connectivity index is 1.97. The van der Waals surface area contributed by atoms with Gasteiger partial charge in [0.25, 0.3) is 0 Å². The molecular formula is C16H23N3O4. The van der Waals surface area contributed by atoms with Gasteiger partial charge in [0.15, 0.2) is 0 Å². The van der Waals surface area contributed by atoms with Crippen molar-refractivity contribution in [2.24, 2.45) is 0 Å². The number of carbonyl (C=O) groups excluding carboxylic acids is 2. The van der Waals surface area contributed by atoms with Crippen molar-refractivity contribution in [2.45, 2.75) is 26.4 Å². The summed E-state index contributed by atoms with van der Waals surface area (Å²) in [6, 6.07) is 1.75. The molecule has 0 atom stereocenters. The van der Waals surface area contributed by atoms with Crippen LogP contribution in [0.3, 0.4) is 0 Å². The van der Waals surface area contributed by atoms with Gasteiger partial charge in [0.1, 0.15) is 5.60 Å². The first-order valence-corrected chi connectivity index (χ1v) is 7.56. The molecule has 0 aromatic carbocycles. The highest BCUT2D eigenvalue weighted by Gasteiger charge is 2.26. The van der Waals surface area contributed by atoms with Gasteiger partial charge in [-0.2, -0.15) is 0 Å². The predicted octanol–water partition coefficient (Wildman–Crippen LogP) is 1.93. The van der Waals surface area contributed by atoms with E-state index in [2.05, 4.69) is 9.88 Å². The predicted molar refractivity (Wildman–Crippen MR) is 85.6 cm³/mol. The summed E-state index contributed by atoms with van der Waals surface area (Å²) in [4.78, 5) is 31.5. The molecule has 0 N–H and O–H groups in total. The minimum atomic E-state index is -0.493. The molecule has 23 heavy (non-hydrogen) atoms. The van der Waals surface area contributed by atoms with E-state index < -0.39 is 11.6 Å². The van der Waals surface area contributed by atoms with Crippen molar-refractivity contribution in [3.8, 4) is 0 Å². The van der Waals surface area contributed by atoms with Gasteiger partial charge in [-0.1, -0.05) is 0 Å². The van der Waals surface area contributed by atoms with E-state index in [4.69, 9.17) is 9.47 Å². The highest BCUT2D eigenvalue weighted by molar-refractivity contribution is 5.90. The summed E-state index contributed by atoms with van der Waals surface area (Å²) < 4.78 is 10.1. The van der Waals surface area contributed by atoms with Gasteiger partial charge in [-0.25, -0.2) is 9.59 Å². The van der Waals surface area contributed by atoms with Crippen molar-refractivity contribution < 1.29 is 19.1 Å². The summed E-state index contributed by atoms with van der Waals surface area (Å²) in [5.74, 6) is -0.410. The molecule has 1 aromatic heterocycles. The van der Waals surface area contributed by atoms with Crippen molar-refractivity contribution in [3.63, 3.8) is 0 Å². The molecule has 1 aliphatic rings. The Kier molecular flexibility index (Phi) is 5.08. The van der Waals surface area contributed by atoms with Gasteiger partial charge in [0.2, 0.25) is 0 Å². The molecule has 2 heterocycles. The number of esters is 1. The van der Waals surface area contributed by atoms with Crippen LogP contribution in [0.25, 0.3) is 0 Å². The number of amides is 1. The third-order valence-corrected chi connectivity index (χ3v) is 3.44. The molecule has 0 unspecified atom stereocenters. The smallest absolute Gasteiger partial charge is 0.410 e. The second-order valence-corrected chi connectivity index (χ2v) is 6.38. The molecule has 1 fully saturated rings. The number of piperazine rings is 1. The first-order chi connectivity index (χ1) is 10.8. The van der Waals surface area contributed by atoms with E-state index in [0.29, 0.717) is 31.7 Å². The molecule has 0 bridgehead atoms. The van der Waals surface area contributed by atoms with Crippen molar-refractivity contribution in [1.29, 1.82) is 0 Å². The van der Waals surface area contributed by atoms with Crippen LogP contribution in [0.2, 0.25) is 0 Å². The minimum Gasteiger partial charge on any atom is -0.465 e. The lowest BCUT2D eigenvalue weighted by Crippen LogP contribution is -2.50.